The summed E-state index contributed by atoms with van der Waals surface area (Å²) in [7, 11) is 0. The predicted molar refractivity (Wildman–Crippen MR) is 237 cm³/mol. The summed E-state index contributed by atoms with van der Waals surface area (Å²) in [5.41, 5.74) is 15.8. The molecule has 1 nitrogen and oxygen atoms in total. The van der Waals surface area contributed by atoms with Crippen LogP contribution in [0.15, 0.2) is 182 Å². The molecule has 7 aromatic carbocycles. The first-order valence-electron chi connectivity index (χ1n) is 20.8. The minimum absolute atomic E-state index is 0.0561. The molecule has 0 saturated heterocycles. The maximum absolute atomic E-state index is 2.48. The Morgan fingerprint density at radius 1 is 0.482 bits per heavy atom. The van der Waals surface area contributed by atoms with Gasteiger partial charge in [0.15, 0.2) is 0 Å². The van der Waals surface area contributed by atoms with Crippen LogP contribution in [0.3, 0.4) is 0 Å². The van der Waals surface area contributed by atoms with E-state index in [9.17, 15) is 0 Å². The molecular weight excluding hydrogens is 675 g/mol. The molecule has 1 saturated carbocycles. The molecule has 2 unspecified atom stereocenters. The number of para-hydroxylation sites is 1. The molecule has 0 aromatic heterocycles. The summed E-state index contributed by atoms with van der Waals surface area (Å²) in [6.45, 7) is 9.62. The second-order valence-corrected chi connectivity index (χ2v) is 17.1. The van der Waals surface area contributed by atoms with Gasteiger partial charge >= 0.3 is 0 Å². The number of hydrogen-bond donors (Lipinski definition) is 0. The van der Waals surface area contributed by atoms with E-state index in [1.165, 1.54) is 86.4 Å². The van der Waals surface area contributed by atoms with E-state index in [0.717, 1.165) is 6.42 Å². The van der Waals surface area contributed by atoms with E-state index in [0.29, 0.717) is 11.8 Å². The molecule has 0 aliphatic heterocycles. The average molecular weight is 728 g/mol. The molecule has 0 amide bonds. The van der Waals surface area contributed by atoms with E-state index in [1.807, 2.05) is 0 Å². The Morgan fingerprint density at radius 2 is 0.982 bits per heavy atom. The Hall–Kier alpha value is -5.66. The predicted octanol–water partition coefficient (Wildman–Crippen LogP) is 14.8. The highest BCUT2D eigenvalue weighted by atomic mass is 15.1. The highest BCUT2D eigenvalue weighted by molar-refractivity contribution is 5.85. The van der Waals surface area contributed by atoms with Crippen molar-refractivity contribution in [3.05, 3.63) is 221 Å². The number of hydrogen-bond acceptors (Lipinski definition) is 1. The fourth-order valence-electron chi connectivity index (χ4n) is 10.6. The monoisotopic (exact) mass is 727 g/mol. The fourth-order valence-corrected chi connectivity index (χ4v) is 10.6. The van der Waals surface area contributed by atoms with Crippen molar-refractivity contribution in [2.75, 3.05) is 4.90 Å². The lowest BCUT2D eigenvalue weighted by Gasteiger charge is -2.48. The molecule has 7 aromatic rings. The first-order chi connectivity index (χ1) is 27.4. The van der Waals surface area contributed by atoms with Gasteiger partial charge in [0.05, 0.1) is 0 Å². The average Bonchev–Trinajstić information content (AvgIpc) is 3.48. The minimum atomic E-state index is -0.0644. The maximum atomic E-state index is 2.48. The van der Waals surface area contributed by atoms with E-state index < -0.39 is 0 Å². The second-order valence-electron chi connectivity index (χ2n) is 17.1. The Bertz CT molecular complexity index is 2370. The SMILES string of the molecule is CC(C)C1CCCCC1(c1ccc(C(c2ccccc2)c2ccccc2)cc1)c1ccc(N(c2ccccc2)c2ccc3c(c2)C(C)(C)c2ccccc2-3)cc1. The molecular formula is C55H53N. The molecule has 0 N–H and O–H groups in total. The Labute approximate surface area is 334 Å². The Balaban J connectivity index is 1.12. The minimum Gasteiger partial charge on any atom is -0.310 e. The van der Waals surface area contributed by atoms with Crippen LogP contribution in [0.1, 0.15) is 98.2 Å². The van der Waals surface area contributed by atoms with E-state index in [-0.39, 0.29) is 16.7 Å². The summed E-state index contributed by atoms with van der Waals surface area (Å²) in [4.78, 5) is 2.44. The van der Waals surface area contributed by atoms with Crippen molar-refractivity contribution in [3.8, 4) is 11.1 Å². The maximum Gasteiger partial charge on any atom is 0.0465 e. The lowest BCUT2D eigenvalue weighted by atomic mass is 9.56. The molecule has 0 heterocycles. The van der Waals surface area contributed by atoms with Crippen LogP contribution in [-0.4, -0.2) is 0 Å². The van der Waals surface area contributed by atoms with E-state index in [2.05, 4.69) is 215 Å². The van der Waals surface area contributed by atoms with Crippen molar-refractivity contribution in [2.24, 2.45) is 11.8 Å². The smallest absolute Gasteiger partial charge is 0.0465 e. The van der Waals surface area contributed by atoms with Crippen LogP contribution in [0.4, 0.5) is 17.1 Å². The third kappa shape index (κ3) is 6.19. The molecule has 0 radical (unpaired) electrons. The molecule has 0 spiro atoms. The van der Waals surface area contributed by atoms with Crippen LogP contribution in [0, 0.1) is 11.8 Å². The third-order valence-corrected chi connectivity index (χ3v) is 13.3. The summed E-state index contributed by atoms with van der Waals surface area (Å²) >= 11 is 0. The third-order valence-electron chi connectivity index (χ3n) is 13.3. The van der Waals surface area contributed by atoms with Crippen molar-refractivity contribution in [2.45, 2.75) is 70.1 Å². The largest absolute Gasteiger partial charge is 0.310 e. The van der Waals surface area contributed by atoms with Gasteiger partial charge < -0.3 is 4.90 Å². The Morgan fingerprint density at radius 3 is 1.61 bits per heavy atom. The summed E-state index contributed by atoms with van der Waals surface area (Å²) in [5.74, 6) is 1.31. The van der Waals surface area contributed by atoms with Gasteiger partial charge in [0, 0.05) is 33.8 Å². The zero-order valence-electron chi connectivity index (χ0n) is 33.3. The molecule has 56 heavy (non-hydrogen) atoms. The number of rotatable bonds is 9. The van der Waals surface area contributed by atoms with Crippen LogP contribution >= 0.6 is 0 Å². The van der Waals surface area contributed by atoms with Crippen LogP contribution in [0.25, 0.3) is 11.1 Å². The van der Waals surface area contributed by atoms with Crippen LogP contribution < -0.4 is 4.90 Å². The number of benzene rings is 7. The zero-order chi connectivity index (χ0) is 38.3. The molecule has 0 bridgehead atoms. The van der Waals surface area contributed by atoms with Gasteiger partial charge in [0.1, 0.15) is 0 Å². The Kier molecular flexibility index (Phi) is 9.50. The van der Waals surface area contributed by atoms with E-state index >= 15 is 0 Å². The molecule has 9 rings (SSSR count). The highest BCUT2D eigenvalue weighted by Gasteiger charge is 2.45. The summed E-state index contributed by atoms with van der Waals surface area (Å²) in [5, 5.41) is 0. The van der Waals surface area contributed by atoms with Crippen molar-refractivity contribution < 1.29 is 0 Å². The first-order valence-corrected chi connectivity index (χ1v) is 20.8. The number of nitrogens with zero attached hydrogens (tertiary/aromatic N) is 1. The van der Waals surface area contributed by atoms with Gasteiger partial charge in [-0.1, -0.05) is 186 Å². The van der Waals surface area contributed by atoms with Crippen LogP contribution in [-0.2, 0) is 10.8 Å². The number of anilines is 3. The lowest BCUT2D eigenvalue weighted by Crippen LogP contribution is -2.42. The molecule has 1 heteroatoms. The number of fused-ring (bicyclic) bond motifs is 3. The quantitative estimate of drug-likeness (QED) is 0.134. The van der Waals surface area contributed by atoms with Gasteiger partial charge in [-0.15, -0.1) is 0 Å². The normalized spacial score (nSPS) is 18.4. The van der Waals surface area contributed by atoms with Gasteiger partial charge in [0.25, 0.3) is 0 Å². The van der Waals surface area contributed by atoms with Crippen molar-refractivity contribution in [1.29, 1.82) is 0 Å². The summed E-state index contributed by atoms with van der Waals surface area (Å²) in [6, 6.07) is 68.4. The molecule has 278 valence electrons. The molecule has 1 fully saturated rings. The van der Waals surface area contributed by atoms with Gasteiger partial charge in [0.2, 0.25) is 0 Å². The van der Waals surface area contributed by atoms with Gasteiger partial charge in [-0.3, -0.25) is 0 Å². The highest BCUT2D eigenvalue weighted by Crippen LogP contribution is 2.53. The summed E-state index contributed by atoms with van der Waals surface area (Å²) < 4.78 is 0. The molecule has 2 atom stereocenters. The molecule has 2 aliphatic rings. The van der Waals surface area contributed by atoms with Crippen LogP contribution in [0.5, 0.6) is 0 Å². The van der Waals surface area contributed by atoms with E-state index in [4.69, 9.17) is 0 Å². The van der Waals surface area contributed by atoms with Crippen molar-refractivity contribution in [1.82, 2.24) is 0 Å². The zero-order valence-corrected chi connectivity index (χ0v) is 33.3. The van der Waals surface area contributed by atoms with Crippen molar-refractivity contribution >= 4 is 17.1 Å². The second kappa shape index (κ2) is 14.8. The topological polar surface area (TPSA) is 3.24 Å². The first kappa shape index (κ1) is 36.0. The standard InChI is InChI=1S/C55H53N/c1-39(2)50-25-16-17-37-55(50,43-29-27-42(28-30-43)53(40-18-8-5-9-19-40)41-20-10-6-11-21-41)44-31-33-46(34-32-44)56(45-22-12-7-13-23-45)47-35-36-49-48-24-14-15-26-51(48)54(3,4)52(49)38-47/h5-15,18-24,26-36,38-39,50,53H,16-17,25,37H2,1-4H3. The van der Waals surface area contributed by atoms with Gasteiger partial charge in [-0.2, -0.15) is 0 Å². The van der Waals surface area contributed by atoms with E-state index in [1.54, 1.807) is 0 Å². The molecule has 2 aliphatic carbocycles. The van der Waals surface area contributed by atoms with Crippen molar-refractivity contribution in [3.63, 3.8) is 0 Å². The van der Waals surface area contributed by atoms with Gasteiger partial charge in [-0.05, 0) is 111 Å². The lowest BCUT2D eigenvalue weighted by molar-refractivity contribution is 0.170. The van der Waals surface area contributed by atoms with Crippen LogP contribution in [0.2, 0.25) is 0 Å². The van der Waals surface area contributed by atoms with Gasteiger partial charge in [-0.25, -0.2) is 0 Å². The fraction of sp³-hybridized carbons (Fsp3) is 0.236. The summed E-state index contributed by atoms with van der Waals surface area (Å²) in [6.07, 6.45) is 4.96.